The van der Waals surface area contributed by atoms with Crippen molar-refractivity contribution < 1.29 is 9.18 Å². The summed E-state index contributed by atoms with van der Waals surface area (Å²) in [6, 6.07) is 5.68. The largest absolute Gasteiger partial charge is 0.321 e. The van der Waals surface area contributed by atoms with Crippen LogP contribution in [0, 0.1) is 17.1 Å². The number of nitriles is 1. The van der Waals surface area contributed by atoms with E-state index in [1.807, 2.05) is 0 Å². The van der Waals surface area contributed by atoms with E-state index in [2.05, 4.69) is 11.9 Å². The van der Waals surface area contributed by atoms with Gasteiger partial charge in [0.15, 0.2) is 0 Å². The molecule has 0 atom stereocenters. The van der Waals surface area contributed by atoms with Gasteiger partial charge in [-0.05, 0) is 18.2 Å². The third-order valence-corrected chi connectivity index (χ3v) is 1.57. The van der Waals surface area contributed by atoms with E-state index in [4.69, 9.17) is 5.26 Å². The first kappa shape index (κ1) is 9.93. The molecule has 14 heavy (non-hydrogen) atoms. The lowest BCUT2D eigenvalue weighted by Crippen LogP contribution is -2.09. The lowest BCUT2D eigenvalue weighted by Gasteiger charge is -2.04. The zero-order valence-electron chi connectivity index (χ0n) is 7.25. The van der Waals surface area contributed by atoms with Crippen molar-refractivity contribution in [3.63, 3.8) is 0 Å². The van der Waals surface area contributed by atoms with Gasteiger partial charge in [0.05, 0.1) is 5.69 Å². The molecule has 0 saturated heterocycles. The van der Waals surface area contributed by atoms with Crippen LogP contribution < -0.4 is 5.32 Å². The number of benzene rings is 1. The fraction of sp³-hybridized carbons (Fsp3) is 0. The molecule has 1 aromatic rings. The summed E-state index contributed by atoms with van der Waals surface area (Å²) in [5.41, 5.74) is -0.0277. The van der Waals surface area contributed by atoms with Crippen LogP contribution >= 0.6 is 0 Å². The summed E-state index contributed by atoms with van der Waals surface area (Å²) in [5, 5.41) is 11.0. The standard InChI is InChI=1S/C10H7FN2O/c1-2-10(14)13-9-5-3-4-8(11)7(9)6-12/h2-5H,1H2,(H,13,14). The van der Waals surface area contributed by atoms with E-state index in [9.17, 15) is 9.18 Å². The Morgan fingerprint density at radius 1 is 1.64 bits per heavy atom. The number of hydrogen-bond donors (Lipinski definition) is 1. The van der Waals surface area contributed by atoms with Gasteiger partial charge in [0.2, 0.25) is 5.91 Å². The van der Waals surface area contributed by atoms with Gasteiger partial charge in [-0.1, -0.05) is 12.6 Å². The Labute approximate surface area is 80.5 Å². The van der Waals surface area contributed by atoms with Gasteiger partial charge in [0.25, 0.3) is 0 Å². The molecule has 3 nitrogen and oxygen atoms in total. The quantitative estimate of drug-likeness (QED) is 0.723. The number of halogens is 1. The molecule has 70 valence electrons. The minimum atomic E-state index is -0.658. The summed E-state index contributed by atoms with van der Waals surface area (Å²) in [7, 11) is 0. The van der Waals surface area contributed by atoms with E-state index in [-0.39, 0.29) is 11.3 Å². The number of carbonyl (C=O) groups is 1. The van der Waals surface area contributed by atoms with Crippen molar-refractivity contribution in [2.45, 2.75) is 0 Å². The van der Waals surface area contributed by atoms with E-state index >= 15 is 0 Å². The van der Waals surface area contributed by atoms with Crippen molar-refractivity contribution in [3.05, 3.63) is 42.2 Å². The number of anilines is 1. The second kappa shape index (κ2) is 4.19. The summed E-state index contributed by atoms with van der Waals surface area (Å²) >= 11 is 0. The van der Waals surface area contributed by atoms with Crippen molar-refractivity contribution in [3.8, 4) is 6.07 Å². The highest BCUT2D eigenvalue weighted by atomic mass is 19.1. The van der Waals surface area contributed by atoms with Crippen molar-refractivity contribution in [1.82, 2.24) is 0 Å². The Hall–Kier alpha value is -2.15. The maximum absolute atomic E-state index is 13.0. The third kappa shape index (κ3) is 1.96. The number of hydrogen-bond acceptors (Lipinski definition) is 2. The van der Waals surface area contributed by atoms with Gasteiger partial charge >= 0.3 is 0 Å². The van der Waals surface area contributed by atoms with Crippen LogP contribution in [0.2, 0.25) is 0 Å². The van der Waals surface area contributed by atoms with Crippen LogP contribution in [0.15, 0.2) is 30.9 Å². The normalized spacial score (nSPS) is 8.86. The lowest BCUT2D eigenvalue weighted by atomic mass is 10.2. The monoisotopic (exact) mass is 190 g/mol. The first-order valence-corrected chi connectivity index (χ1v) is 3.81. The Bertz CT molecular complexity index is 421. The van der Waals surface area contributed by atoms with Crippen molar-refractivity contribution >= 4 is 11.6 Å². The van der Waals surface area contributed by atoms with Crippen molar-refractivity contribution in [2.75, 3.05) is 5.32 Å². The number of amides is 1. The first-order chi connectivity index (χ1) is 6.69. The van der Waals surface area contributed by atoms with Crippen LogP contribution in [0.1, 0.15) is 5.56 Å². The van der Waals surface area contributed by atoms with Gasteiger partial charge in [0, 0.05) is 0 Å². The average Bonchev–Trinajstić information content (AvgIpc) is 2.18. The first-order valence-electron chi connectivity index (χ1n) is 3.81. The van der Waals surface area contributed by atoms with Gasteiger partial charge in [0.1, 0.15) is 17.4 Å². The molecule has 0 aliphatic carbocycles. The zero-order chi connectivity index (χ0) is 10.6. The summed E-state index contributed by atoms with van der Waals surface area (Å²) in [5.74, 6) is -1.14. The second-order valence-electron chi connectivity index (χ2n) is 2.47. The van der Waals surface area contributed by atoms with Gasteiger partial charge in [-0.15, -0.1) is 0 Å². The molecule has 0 saturated carbocycles. The molecule has 0 unspecified atom stereocenters. The molecule has 1 amide bonds. The second-order valence-corrected chi connectivity index (χ2v) is 2.47. The fourth-order valence-corrected chi connectivity index (χ4v) is 0.926. The SMILES string of the molecule is C=CC(=O)Nc1cccc(F)c1C#N. The lowest BCUT2D eigenvalue weighted by molar-refractivity contribution is -0.111. The molecule has 0 spiro atoms. The van der Waals surface area contributed by atoms with Crippen LogP contribution in [0.3, 0.4) is 0 Å². The van der Waals surface area contributed by atoms with E-state index in [0.29, 0.717) is 0 Å². The highest BCUT2D eigenvalue weighted by molar-refractivity contribution is 5.99. The Morgan fingerprint density at radius 2 is 2.36 bits per heavy atom. The van der Waals surface area contributed by atoms with Gasteiger partial charge in [-0.25, -0.2) is 4.39 Å². The van der Waals surface area contributed by atoms with Crippen LogP contribution in [0.4, 0.5) is 10.1 Å². The molecular weight excluding hydrogens is 183 g/mol. The highest BCUT2D eigenvalue weighted by Crippen LogP contribution is 2.17. The Morgan fingerprint density at radius 3 is 2.93 bits per heavy atom. The molecular formula is C10H7FN2O. The maximum atomic E-state index is 13.0. The predicted molar refractivity (Wildman–Crippen MR) is 49.9 cm³/mol. The molecule has 0 aromatic heterocycles. The average molecular weight is 190 g/mol. The molecule has 0 radical (unpaired) electrons. The molecule has 0 bridgehead atoms. The van der Waals surface area contributed by atoms with Gasteiger partial charge in [-0.2, -0.15) is 5.26 Å². The predicted octanol–water partition coefficient (Wildman–Crippen LogP) is 1.82. The number of carbonyl (C=O) groups excluding carboxylic acids is 1. The summed E-state index contributed by atoms with van der Waals surface area (Å²) in [4.78, 5) is 10.9. The molecule has 0 aliphatic heterocycles. The smallest absolute Gasteiger partial charge is 0.247 e. The zero-order valence-corrected chi connectivity index (χ0v) is 7.25. The van der Waals surface area contributed by atoms with Crippen molar-refractivity contribution in [1.29, 1.82) is 5.26 Å². The van der Waals surface area contributed by atoms with Crippen LogP contribution in [-0.4, -0.2) is 5.91 Å². The van der Waals surface area contributed by atoms with E-state index < -0.39 is 11.7 Å². The highest BCUT2D eigenvalue weighted by Gasteiger charge is 2.08. The van der Waals surface area contributed by atoms with Gasteiger partial charge < -0.3 is 5.32 Å². The maximum Gasteiger partial charge on any atom is 0.247 e. The van der Waals surface area contributed by atoms with E-state index in [1.165, 1.54) is 12.1 Å². The molecule has 1 rings (SSSR count). The van der Waals surface area contributed by atoms with Crippen LogP contribution in [-0.2, 0) is 4.79 Å². The number of rotatable bonds is 2. The van der Waals surface area contributed by atoms with E-state index in [1.54, 1.807) is 6.07 Å². The molecule has 1 N–H and O–H groups in total. The molecule has 1 aromatic carbocycles. The topological polar surface area (TPSA) is 52.9 Å². The minimum Gasteiger partial charge on any atom is -0.321 e. The summed E-state index contributed by atoms with van der Waals surface area (Å²) in [6.07, 6.45) is 1.05. The minimum absolute atomic E-state index is 0.150. The summed E-state index contributed by atoms with van der Waals surface area (Å²) < 4.78 is 13.0. The number of nitrogens with zero attached hydrogens (tertiary/aromatic N) is 1. The van der Waals surface area contributed by atoms with Crippen LogP contribution in [0.25, 0.3) is 0 Å². The Balaban J connectivity index is 3.09. The Kier molecular flexibility index (Phi) is 2.97. The van der Waals surface area contributed by atoms with Crippen molar-refractivity contribution in [2.24, 2.45) is 0 Å². The fourth-order valence-electron chi connectivity index (χ4n) is 0.926. The molecule has 0 aliphatic rings. The van der Waals surface area contributed by atoms with E-state index in [0.717, 1.165) is 12.1 Å². The van der Waals surface area contributed by atoms with Gasteiger partial charge in [-0.3, -0.25) is 4.79 Å². The summed E-state index contributed by atoms with van der Waals surface area (Å²) in [6.45, 7) is 3.25. The third-order valence-electron chi connectivity index (χ3n) is 1.57. The molecule has 0 fully saturated rings. The number of nitrogens with one attached hydrogen (secondary N) is 1. The molecule has 0 heterocycles. The van der Waals surface area contributed by atoms with Crippen LogP contribution in [0.5, 0.6) is 0 Å². The molecule has 4 heteroatoms.